The van der Waals surface area contributed by atoms with Crippen LogP contribution in [0.25, 0.3) is 22.0 Å². The Balaban J connectivity index is 1.37. The van der Waals surface area contributed by atoms with Crippen LogP contribution >= 0.6 is 0 Å². The zero-order chi connectivity index (χ0) is 29.2. The van der Waals surface area contributed by atoms with Gasteiger partial charge in [0.2, 0.25) is 0 Å². The molecule has 8 nitrogen and oxygen atoms in total. The van der Waals surface area contributed by atoms with Crippen LogP contribution in [0.1, 0.15) is 43.2 Å². The van der Waals surface area contributed by atoms with E-state index in [9.17, 15) is 4.39 Å². The van der Waals surface area contributed by atoms with Crippen molar-refractivity contribution in [3.63, 3.8) is 0 Å². The third-order valence-electron chi connectivity index (χ3n) is 9.69. The van der Waals surface area contributed by atoms with Gasteiger partial charge in [-0.15, -0.1) is 0 Å². The van der Waals surface area contributed by atoms with Crippen molar-refractivity contribution in [3.05, 3.63) is 41.0 Å². The first kappa shape index (κ1) is 27.4. The molecule has 0 aliphatic carbocycles. The topological polar surface area (TPSA) is 89.4 Å². The summed E-state index contributed by atoms with van der Waals surface area (Å²) in [5.41, 5.74) is 1.35. The second kappa shape index (κ2) is 10.4. The van der Waals surface area contributed by atoms with Gasteiger partial charge < -0.3 is 25.7 Å². The molecule has 11 heteroatoms. The maximum atomic E-state index is 16.7. The van der Waals surface area contributed by atoms with Crippen LogP contribution in [0, 0.1) is 24.0 Å². The Morgan fingerprint density at radius 2 is 1.95 bits per heavy atom. The van der Waals surface area contributed by atoms with E-state index < -0.39 is 23.3 Å². The van der Waals surface area contributed by atoms with Crippen molar-refractivity contribution in [1.29, 1.82) is 5.41 Å². The van der Waals surface area contributed by atoms with Gasteiger partial charge in [-0.25, -0.2) is 13.2 Å². The van der Waals surface area contributed by atoms with Crippen molar-refractivity contribution in [2.45, 2.75) is 62.8 Å². The standard InChI is InChI=1S/C31H36F3N7O/c1-17-4-5-18(12-35)27(36-2)24(17)25-23(33)10-22-28(26(25)34)38-30(39-29(22)40-14-20-6-7-21(15-40)37-20)42-16-31-8-3-9-41(31)13-19(32)11-31/h4-5,10,12,19-21,35-37H,3,6-9,11,13-16H2,1-2H3/t19-,20?,21?,31+/m1/s1. The van der Waals surface area contributed by atoms with Crippen LogP contribution in [-0.4, -0.2) is 84.7 Å². The Kier molecular flexibility index (Phi) is 6.77. The van der Waals surface area contributed by atoms with Crippen LogP contribution in [0.4, 0.5) is 24.7 Å². The van der Waals surface area contributed by atoms with E-state index in [4.69, 9.17) is 15.1 Å². The maximum Gasteiger partial charge on any atom is 0.319 e. The highest BCUT2D eigenvalue weighted by Crippen LogP contribution is 2.43. The normalized spacial score (nSPS) is 27.1. The van der Waals surface area contributed by atoms with Crippen LogP contribution < -0.4 is 20.3 Å². The molecule has 4 atom stereocenters. The fraction of sp³-hybridized carbons (Fsp3) is 0.516. The molecule has 3 aromatic rings. The van der Waals surface area contributed by atoms with Crippen LogP contribution in [0.5, 0.6) is 6.01 Å². The lowest BCUT2D eigenvalue weighted by Gasteiger charge is -2.34. The van der Waals surface area contributed by atoms with Gasteiger partial charge in [-0.3, -0.25) is 4.90 Å². The van der Waals surface area contributed by atoms with E-state index in [1.165, 1.54) is 6.07 Å². The highest BCUT2D eigenvalue weighted by molar-refractivity contribution is 5.99. The maximum absolute atomic E-state index is 16.7. The molecule has 4 saturated heterocycles. The predicted molar refractivity (Wildman–Crippen MR) is 158 cm³/mol. The number of hydrogen-bond acceptors (Lipinski definition) is 8. The second-order valence-electron chi connectivity index (χ2n) is 12.3. The molecule has 1 aromatic heterocycles. The lowest BCUT2D eigenvalue weighted by molar-refractivity contribution is 0.107. The minimum absolute atomic E-state index is 0.0159. The van der Waals surface area contributed by atoms with Crippen molar-refractivity contribution < 1.29 is 17.9 Å². The highest BCUT2D eigenvalue weighted by Gasteiger charge is 2.49. The Morgan fingerprint density at radius 1 is 1.17 bits per heavy atom. The number of hydrogen-bond donors (Lipinski definition) is 3. The number of alkyl halides is 1. The van der Waals surface area contributed by atoms with Gasteiger partial charge in [-0.2, -0.15) is 9.97 Å². The summed E-state index contributed by atoms with van der Waals surface area (Å²) >= 11 is 0. The lowest BCUT2D eigenvalue weighted by atomic mass is 9.93. The largest absolute Gasteiger partial charge is 0.461 e. The van der Waals surface area contributed by atoms with Gasteiger partial charge in [0.15, 0.2) is 5.82 Å². The summed E-state index contributed by atoms with van der Waals surface area (Å²) in [6.07, 6.45) is 4.54. The summed E-state index contributed by atoms with van der Waals surface area (Å²) in [5, 5.41) is 14.7. The van der Waals surface area contributed by atoms with Gasteiger partial charge in [0.05, 0.1) is 16.8 Å². The van der Waals surface area contributed by atoms with Crippen molar-refractivity contribution in [3.8, 4) is 17.1 Å². The fourth-order valence-corrected chi connectivity index (χ4v) is 7.75. The zero-order valence-corrected chi connectivity index (χ0v) is 23.9. The molecule has 222 valence electrons. The first-order valence-electron chi connectivity index (χ1n) is 14.8. The van der Waals surface area contributed by atoms with Gasteiger partial charge in [-0.05, 0) is 50.8 Å². The highest BCUT2D eigenvalue weighted by atomic mass is 19.1. The first-order chi connectivity index (χ1) is 20.3. The third-order valence-corrected chi connectivity index (χ3v) is 9.69. The summed E-state index contributed by atoms with van der Waals surface area (Å²) < 4.78 is 53.4. The number of anilines is 2. The Morgan fingerprint density at radius 3 is 2.69 bits per heavy atom. The molecule has 4 fully saturated rings. The molecule has 0 saturated carbocycles. The monoisotopic (exact) mass is 579 g/mol. The quantitative estimate of drug-likeness (QED) is 0.346. The zero-order valence-electron chi connectivity index (χ0n) is 23.9. The molecule has 4 aliphatic rings. The lowest BCUT2D eigenvalue weighted by Crippen LogP contribution is -2.51. The van der Waals surface area contributed by atoms with Crippen LogP contribution in [0.15, 0.2) is 18.2 Å². The number of fused-ring (bicyclic) bond motifs is 4. The van der Waals surface area contributed by atoms with Crippen molar-refractivity contribution in [1.82, 2.24) is 20.2 Å². The summed E-state index contributed by atoms with van der Waals surface area (Å²) in [7, 11) is 1.67. The van der Waals surface area contributed by atoms with E-state index in [0.29, 0.717) is 59.6 Å². The van der Waals surface area contributed by atoms with Gasteiger partial charge in [0.25, 0.3) is 0 Å². The SMILES string of the molecule is CNc1c(C=N)ccc(C)c1-c1c(F)cc2c(N3CC4CCC(C3)N4)nc(OC[C@@]34CCCN3C[C@H](F)C4)nc2c1F. The van der Waals surface area contributed by atoms with Crippen LogP contribution in [0.2, 0.25) is 0 Å². The van der Waals surface area contributed by atoms with E-state index >= 15 is 8.78 Å². The number of ether oxygens (including phenoxy) is 1. The number of benzene rings is 2. The Labute approximate surface area is 243 Å². The van der Waals surface area contributed by atoms with E-state index in [2.05, 4.69) is 25.4 Å². The number of piperazine rings is 1. The summed E-state index contributed by atoms with van der Waals surface area (Å²) in [5.74, 6) is -1.07. The second-order valence-corrected chi connectivity index (χ2v) is 12.3. The average Bonchev–Trinajstić information content (AvgIpc) is 3.62. The fourth-order valence-electron chi connectivity index (χ4n) is 7.75. The summed E-state index contributed by atoms with van der Waals surface area (Å²) in [6.45, 7) is 4.56. The molecule has 42 heavy (non-hydrogen) atoms. The van der Waals surface area contributed by atoms with Crippen molar-refractivity contribution in [2.24, 2.45) is 0 Å². The number of rotatable bonds is 7. The molecule has 0 amide bonds. The number of halogens is 3. The molecule has 4 aliphatic heterocycles. The van der Waals surface area contributed by atoms with Gasteiger partial charge in [0, 0.05) is 67.9 Å². The minimum Gasteiger partial charge on any atom is -0.461 e. The molecule has 2 unspecified atom stereocenters. The first-order valence-corrected chi connectivity index (χ1v) is 14.8. The van der Waals surface area contributed by atoms with Gasteiger partial charge >= 0.3 is 6.01 Å². The molecule has 0 spiro atoms. The molecular formula is C31H36F3N7O. The molecule has 7 rings (SSSR count). The van der Waals surface area contributed by atoms with Crippen LogP contribution in [-0.2, 0) is 0 Å². The smallest absolute Gasteiger partial charge is 0.319 e. The van der Waals surface area contributed by atoms with Crippen LogP contribution in [0.3, 0.4) is 0 Å². The van der Waals surface area contributed by atoms with Crippen molar-refractivity contribution in [2.75, 3.05) is 50.1 Å². The predicted octanol–water partition coefficient (Wildman–Crippen LogP) is 4.82. The van der Waals surface area contributed by atoms with E-state index in [-0.39, 0.29) is 35.8 Å². The minimum atomic E-state index is -0.900. The van der Waals surface area contributed by atoms with Gasteiger partial charge in [0.1, 0.15) is 29.9 Å². The molecule has 2 aromatic carbocycles. The van der Waals surface area contributed by atoms with Crippen molar-refractivity contribution >= 4 is 28.6 Å². The van der Waals surface area contributed by atoms with E-state index in [0.717, 1.165) is 38.4 Å². The number of aryl methyl sites for hydroxylation is 1. The molecule has 2 bridgehead atoms. The molecule has 3 N–H and O–H groups in total. The van der Waals surface area contributed by atoms with Gasteiger partial charge in [-0.1, -0.05) is 12.1 Å². The molecule has 5 heterocycles. The third kappa shape index (κ3) is 4.40. The molecular weight excluding hydrogens is 543 g/mol. The average molecular weight is 580 g/mol. The van der Waals surface area contributed by atoms with E-state index in [1.54, 1.807) is 26.1 Å². The molecule has 0 radical (unpaired) electrons. The Hall–Kier alpha value is -3.44. The number of aromatic nitrogens is 2. The van der Waals surface area contributed by atoms with E-state index in [1.807, 2.05) is 0 Å². The Bertz CT molecular complexity index is 1560. The summed E-state index contributed by atoms with van der Waals surface area (Å²) in [6, 6.07) is 5.40. The number of nitrogens with zero attached hydrogens (tertiary/aromatic N) is 4. The summed E-state index contributed by atoms with van der Waals surface area (Å²) in [4.78, 5) is 13.5. The number of nitrogens with one attached hydrogen (secondary N) is 3.